The lowest BCUT2D eigenvalue weighted by Crippen LogP contribution is -2.54. The van der Waals surface area contributed by atoms with Crippen LogP contribution in [0, 0.1) is 5.92 Å². The summed E-state index contributed by atoms with van der Waals surface area (Å²) in [5, 5.41) is 8.88. The molecule has 6 nitrogen and oxygen atoms in total. The first-order valence-corrected chi connectivity index (χ1v) is 11.6. The average molecular weight is 434 g/mol. The number of thiophene rings is 1. The summed E-state index contributed by atoms with van der Waals surface area (Å²) in [5.41, 5.74) is 2.04. The summed E-state index contributed by atoms with van der Waals surface area (Å²) in [4.78, 5) is 26.1. The zero-order valence-corrected chi connectivity index (χ0v) is 18.7. The molecule has 0 radical (unpaired) electrons. The molecule has 160 valence electrons. The number of aromatic amines is 1. The van der Waals surface area contributed by atoms with Gasteiger partial charge in [-0.25, -0.2) is 9.78 Å². The Morgan fingerprint density at radius 3 is 3.06 bits per heavy atom. The number of piperidine rings is 1. The van der Waals surface area contributed by atoms with Crippen LogP contribution in [-0.2, 0) is 6.54 Å². The van der Waals surface area contributed by atoms with Gasteiger partial charge in [-0.2, -0.15) is 0 Å². The quantitative estimate of drug-likeness (QED) is 0.484. The Bertz CT molecular complexity index is 1210. The highest BCUT2D eigenvalue weighted by molar-refractivity contribution is 7.11. The van der Waals surface area contributed by atoms with Gasteiger partial charge in [-0.15, -0.1) is 11.3 Å². The van der Waals surface area contributed by atoms with Gasteiger partial charge in [0, 0.05) is 54.5 Å². The number of hydrogen-bond donors (Lipinski definition) is 2. The van der Waals surface area contributed by atoms with Crippen LogP contribution in [0.2, 0.25) is 0 Å². The predicted octanol–water partition coefficient (Wildman–Crippen LogP) is 4.83. The monoisotopic (exact) mass is 433 g/mol. The van der Waals surface area contributed by atoms with Crippen LogP contribution in [0.4, 0.5) is 10.5 Å². The lowest BCUT2D eigenvalue weighted by Gasteiger charge is -2.42. The number of nitrogens with zero attached hydrogens (tertiary/aromatic N) is 3. The van der Waals surface area contributed by atoms with Crippen LogP contribution in [0.15, 0.2) is 54.2 Å². The second-order valence-corrected chi connectivity index (χ2v) is 9.33. The first-order valence-electron chi connectivity index (χ1n) is 10.7. The number of fused-ring (bicyclic) bond motifs is 2. The van der Waals surface area contributed by atoms with Crippen molar-refractivity contribution < 1.29 is 4.79 Å². The fourth-order valence-electron chi connectivity index (χ4n) is 4.63. The molecule has 4 heterocycles. The van der Waals surface area contributed by atoms with Gasteiger partial charge in [0.15, 0.2) is 0 Å². The van der Waals surface area contributed by atoms with Crippen molar-refractivity contribution in [3.63, 3.8) is 0 Å². The van der Waals surface area contributed by atoms with Gasteiger partial charge in [0.25, 0.3) is 0 Å². The molecule has 1 aliphatic rings. The maximum absolute atomic E-state index is 13.0. The molecular formula is C24H27N5OS. The maximum Gasteiger partial charge on any atom is 0.317 e. The minimum Gasteiger partial charge on any atom is -0.369 e. The number of carbonyl (C=O) groups is 1. The van der Waals surface area contributed by atoms with E-state index in [1.54, 1.807) is 11.3 Å². The highest BCUT2D eigenvalue weighted by Gasteiger charge is 2.32. The molecule has 7 heteroatoms. The van der Waals surface area contributed by atoms with E-state index in [2.05, 4.69) is 63.8 Å². The number of carbonyl (C=O) groups excluding carboxylic acids is 1. The SMILES string of the molecule is C[C@@H]1CCN(C(=O)NCc2scc3ccccc23)C[C@@H]1N(C)c1ccnc2[nH]ccc12. The number of likely N-dealkylation sites (tertiary alicyclic amines) is 1. The molecule has 0 spiro atoms. The minimum absolute atomic E-state index is 0.0179. The first kappa shape index (κ1) is 19.9. The van der Waals surface area contributed by atoms with Crippen LogP contribution in [0.3, 0.4) is 0 Å². The van der Waals surface area contributed by atoms with Gasteiger partial charge in [0.05, 0.1) is 6.54 Å². The molecule has 0 saturated carbocycles. The topological polar surface area (TPSA) is 64.3 Å². The predicted molar refractivity (Wildman–Crippen MR) is 128 cm³/mol. The number of likely N-dealkylation sites (N-methyl/N-ethyl adjacent to an activating group) is 1. The zero-order chi connectivity index (χ0) is 21.4. The van der Waals surface area contributed by atoms with E-state index < -0.39 is 0 Å². The van der Waals surface area contributed by atoms with Crippen molar-refractivity contribution in [1.29, 1.82) is 0 Å². The van der Waals surface area contributed by atoms with Crippen LogP contribution < -0.4 is 10.2 Å². The number of hydrogen-bond acceptors (Lipinski definition) is 4. The Hall–Kier alpha value is -3.06. The molecule has 4 aromatic rings. The fourth-order valence-corrected chi connectivity index (χ4v) is 5.57. The van der Waals surface area contributed by atoms with Crippen molar-refractivity contribution in [3.05, 3.63) is 59.0 Å². The van der Waals surface area contributed by atoms with Crippen molar-refractivity contribution in [2.24, 2.45) is 5.92 Å². The Morgan fingerprint density at radius 2 is 2.16 bits per heavy atom. The van der Waals surface area contributed by atoms with E-state index in [0.717, 1.165) is 29.7 Å². The summed E-state index contributed by atoms with van der Waals surface area (Å²) in [7, 11) is 2.13. The molecule has 0 bridgehead atoms. The van der Waals surface area contributed by atoms with Crippen LogP contribution >= 0.6 is 11.3 Å². The number of H-pyrrole nitrogens is 1. The molecule has 1 saturated heterocycles. The summed E-state index contributed by atoms with van der Waals surface area (Å²) >= 11 is 1.71. The molecular weight excluding hydrogens is 406 g/mol. The van der Waals surface area contributed by atoms with Crippen molar-refractivity contribution in [1.82, 2.24) is 20.2 Å². The lowest BCUT2D eigenvalue weighted by molar-refractivity contribution is 0.161. The van der Waals surface area contributed by atoms with Gasteiger partial charge in [0.1, 0.15) is 5.65 Å². The Morgan fingerprint density at radius 1 is 1.29 bits per heavy atom. The third kappa shape index (κ3) is 3.74. The first-order chi connectivity index (χ1) is 15.1. The largest absolute Gasteiger partial charge is 0.369 e. The van der Waals surface area contributed by atoms with Crippen molar-refractivity contribution in [2.45, 2.75) is 25.9 Å². The highest BCUT2D eigenvalue weighted by atomic mass is 32.1. The van der Waals surface area contributed by atoms with Crippen molar-refractivity contribution in [2.75, 3.05) is 25.0 Å². The van der Waals surface area contributed by atoms with E-state index in [4.69, 9.17) is 0 Å². The summed E-state index contributed by atoms with van der Waals surface area (Å²) in [5.74, 6) is 0.498. The van der Waals surface area contributed by atoms with Gasteiger partial charge in [0.2, 0.25) is 0 Å². The number of pyridine rings is 1. The van der Waals surface area contributed by atoms with E-state index in [1.165, 1.54) is 15.6 Å². The van der Waals surface area contributed by atoms with Gasteiger partial charge < -0.3 is 20.1 Å². The number of urea groups is 1. The van der Waals surface area contributed by atoms with E-state index in [0.29, 0.717) is 19.0 Å². The number of nitrogens with one attached hydrogen (secondary N) is 2. The molecule has 1 fully saturated rings. The van der Waals surface area contributed by atoms with Gasteiger partial charge in [-0.1, -0.05) is 31.2 Å². The Balaban J connectivity index is 1.28. The van der Waals surface area contributed by atoms with Gasteiger partial charge in [-0.05, 0) is 40.6 Å². The molecule has 3 aromatic heterocycles. The third-order valence-electron chi connectivity index (χ3n) is 6.51. The lowest BCUT2D eigenvalue weighted by atomic mass is 9.92. The van der Waals surface area contributed by atoms with E-state index in [-0.39, 0.29) is 12.1 Å². The van der Waals surface area contributed by atoms with E-state index >= 15 is 0 Å². The van der Waals surface area contributed by atoms with Gasteiger partial charge in [-0.3, -0.25) is 0 Å². The third-order valence-corrected chi connectivity index (χ3v) is 7.53. The molecule has 2 atom stereocenters. The standard InChI is InChI=1S/C24H27N5OS/c1-16-9-12-29(24(30)27-13-22-18-6-4-3-5-17(18)15-31-22)14-21(16)28(2)20-8-11-26-23-19(20)7-10-25-23/h3-8,10-11,15-16,21H,9,12-14H2,1-2H3,(H,25,26)(H,27,30)/t16-,21+/m1/s1. The molecule has 5 rings (SSSR count). The van der Waals surface area contributed by atoms with Crippen LogP contribution in [0.5, 0.6) is 0 Å². The Labute approximate surface area is 185 Å². The summed E-state index contributed by atoms with van der Waals surface area (Å²) in [6.45, 7) is 4.35. The summed E-state index contributed by atoms with van der Waals surface area (Å²) < 4.78 is 0. The number of rotatable bonds is 4. The molecule has 31 heavy (non-hydrogen) atoms. The fraction of sp³-hybridized carbons (Fsp3) is 0.333. The molecule has 0 aliphatic carbocycles. The van der Waals surface area contributed by atoms with Crippen LogP contribution in [-0.4, -0.2) is 47.1 Å². The maximum atomic E-state index is 13.0. The van der Waals surface area contributed by atoms with Crippen molar-refractivity contribution in [3.8, 4) is 0 Å². The summed E-state index contributed by atoms with van der Waals surface area (Å²) in [6.07, 6.45) is 4.76. The zero-order valence-electron chi connectivity index (χ0n) is 17.8. The number of anilines is 1. The van der Waals surface area contributed by atoms with E-state index in [9.17, 15) is 4.79 Å². The normalized spacial score (nSPS) is 19.1. The van der Waals surface area contributed by atoms with Crippen LogP contribution in [0.1, 0.15) is 18.2 Å². The number of aromatic nitrogens is 2. The highest BCUT2D eigenvalue weighted by Crippen LogP contribution is 2.30. The smallest absolute Gasteiger partial charge is 0.317 e. The average Bonchev–Trinajstić information content (AvgIpc) is 3.44. The molecule has 2 amide bonds. The number of benzene rings is 1. The summed E-state index contributed by atoms with van der Waals surface area (Å²) in [6, 6.07) is 12.7. The number of amides is 2. The second kappa shape index (κ2) is 8.23. The molecule has 0 unspecified atom stereocenters. The molecule has 2 N–H and O–H groups in total. The van der Waals surface area contributed by atoms with Crippen LogP contribution in [0.25, 0.3) is 21.8 Å². The van der Waals surface area contributed by atoms with Gasteiger partial charge >= 0.3 is 6.03 Å². The van der Waals surface area contributed by atoms with E-state index in [1.807, 2.05) is 29.4 Å². The minimum atomic E-state index is 0.0179. The second-order valence-electron chi connectivity index (χ2n) is 8.37. The molecule has 1 aromatic carbocycles. The van der Waals surface area contributed by atoms with Crippen molar-refractivity contribution >= 4 is 44.9 Å². The molecule has 1 aliphatic heterocycles. The Kier molecular flexibility index (Phi) is 5.28.